The van der Waals surface area contributed by atoms with Crippen molar-refractivity contribution in [2.75, 3.05) is 11.9 Å². The summed E-state index contributed by atoms with van der Waals surface area (Å²) in [4.78, 5) is 7.45. The maximum Gasteiger partial charge on any atom is 0.126 e. The molecule has 2 saturated heterocycles. The second-order valence-corrected chi connectivity index (χ2v) is 9.28. The highest BCUT2D eigenvalue weighted by molar-refractivity contribution is 5.87. The maximum atomic E-state index is 7.62. The quantitative estimate of drug-likeness (QED) is 0.775. The van der Waals surface area contributed by atoms with Gasteiger partial charge in [0.05, 0.1) is 6.04 Å². The van der Waals surface area contributed by atoms with Crippen LogP contribution in [0.3, 0.4) is 0 Å². The first-order chi connectivity index (χ1) is 12.3. The van der Waals surface area contributed by atoms with Crippen molar-refractivity contribution in [3.05, 3.63) is 41.7 Å². The van der Waals surface area contributed by atoms with Crippen molar-refractivity contribution in [3.8, 4) is 0 Å². The van der Waals surface area contributed by atoms with Crippen molar-refractivity contribution in [2.45, 2.75) is 59.0 Å². The Morgan fingerprint density at radius 3 is 2.65 bits per heavy atom. The molecule has 0 radical (unpaired) electrons. The lowest BCUT2D eigenvalue weighted by atomic mass is 9.56. The lowest BCUT2D eigenvalue weighted by molar-refractivity contribution is 0.0424. The van der Waals surface area contributed by atoms with Crippen LogP contribution in [0, 0.1) is 16.2 Å². The molecule has 3 fully saturated rings. The highest BCUT2D eigenvalue weighted by Crippen LogP contribution is 2.62. The van der Waals surface area contributed by atoms with E-state index >= 15 is 0 Å². The van der Waals surface area contributed by atoms with Crippen LogP contribution in [0.1, 0.15) is 52.5 Å². The van der Waals surface area contributed by atoms with Gasteiger partial charge in [0.1, 0.15) is 5.82 Å². The average molecular weight is 351 g/mol. The monoisotopic (exact) mass is 350 g/mol. The number of fused-ring (bicyclic) bond motifs is 1. The van der Waals surface area contributed by atoms with E-state index in [0.29, 0.717) is 16.9 Å². The first kappa shape index (κ1) is 17.3. The molecule has 3 heterocycles. The van der Waals surface area contributed by atoms with E-state index in [1.54, 1.807) is 0 Å². The summed E-state index contributed by atoms with van der Waals surface area (Å²) in [6.45, 7) is 10.4. The van der Waals surface area contributed by atoms with Gasteiger partial charge in [0.25, 0.3) is 0 Å². The van der Waals surface area contributed by atoms with Crippen molar-refractivity contribution in [2.24, 2.45) is 15.8 Å². The fourth-order valence-corrected chi connectivity index (χ4v) is 4.81. The third-order valence-corrected chi connectivity index (χ3v) is 6.68. The van der Waals surface area contributed by atoms with E-state index in [1.807, 2.05) is 18.2 Å². The molecule has 138 valence electrons. The average Bonchev–Trinajstić information content (AvgIpc) is 3.11. The van der Waals surface area contributed by atoms with Gasteiger partial charge in [-0.15, -0.1) is 0 Å². The van der Waals surface area contributed by atoms with Gasteiger partial charge in [0, 0.05) is 42.2 Å². The van der Waals surface area contributed by atoms with Gasteiger partial charge >= 0.3 is 0 Å². The number of aliphatic imine (C=N–C) groups is 1. The zero-order valence-corrected chi connectivity index (χ0v) is 16.3. The summed E-state index contributed by atoms with van der Waals surface area (Å²) >= 11 is 0. The van der Waals surface area contributed by atoms with Gasteiger partial charge in [0.2, 0.25) is 0 Å². The van der Waals surface area contributed by atoms with E-state index in [-0.39, 0.29) is 6.04 Å². The fraction of sp³-hybridized carbons (Fsp3) is 0.545. The smallest absolute Gasteiger partial charge is 0.126 e. The second kappa shape index (κ2) is 5.97. The Balaban J connectivity index is 1.55. The van der Waals surface area contributed by atoms with Gasteiger partial charge in [0.15, 0.2) is 0 Å². The highest BCUT2D eigenvalue weighted by atomic mass is 15.3. The van der Waals surface area contributed by atoms with E-state index in [1.165, 1.54) is 24.8 Å². The van der Waals surface area contributed by atoms with Crippen molar-refractivity contribution in [1.29, 1.82) is 5.41 Å². The normalized spacial score (nSPS) is 30.4. The number of benzene rings is 1. The fourth-order valence-electron chi connectivity index (χ4n) is 4.81. The molecule has 1 aliphatic carbocycles. The molecule has 4 nitrogen and oxygen atoms in total. The second-order valence-electron chi connectivity index (χ2n) is 9.28. The molecule has 0 amide bonds. The van der Waals surface area contributed by atoms with Crippen LogP contribution < -0.4 is 5.32 Å². The van der Waals surface area contributed by atoms with Crippen LogP contribution in [-0.2, 0) is 0 Å². The summed E-state index contributed by atoms with van der Waals surface area (Å²) in [5, 5.41) is 11.2. The summed E-state index contributed by atoms with van der Waals surface area (Å²) < 4.78 is 0. The van der Waals surface area contributed by atoms with Crippen molar-refractivity contribution >= 4 is 17.6 Å². The SMILES string of the molecule is CC1=NC(N2CC3(C(C)(C)C)CC2C3)=CC(Nc2ccccc2C=N)C1. The number of nitrogens with zero attached hydrogens (tertiary/aromatic N) is 2. The van der Waals surface area contributed by atoms with Crippen LogP contribution >= 0.6 is 0 Å². The molecule has 1 saturated carbocycles. The molecular formula is C22H30N4. The Labute approximate surface area is 156 Å². The van der Waals surface area contributed by atoms with Crippen molar-refractivity contribution in [3.63, 3.8) is 0 Å². The topological polar surface area (TPSA) is 51.5 Å². The van der Waals surface area contributed by atoms with E-state index in [2.05, 4.69) is 50.1 Å². The van der Waals surface area contributed by atoms with E-state index in [0.717, 1.165) is 30.0 Å². The standard InChI is InChI=1S/C22H30N4/c1-15-9-17(25-19-8-6-5-7-16(19)13-23)10-20(24-15)26-14-22(21(2,3)4)11-18(26)12-22/h5-8,10,13,17-18,23,25H,9,11-12,14H2,1-4H3. The predicted octanol–water partition coefficient (Wildman–Crippen LogP) is 4.68. The van der Waals surface area contributed by atoms with Gasteiger partial charge in [-0.05, 0) is 42.7 Å². The van der Waals surface area contributed by atoms with Crippen LogP contribution in [0.5, 0.6) is 0 Å². The molecule has 0 aromatic heterocycles. The lowest BCUT2D eigenvalue weighted by Crippen LogP contribution is -2.44. The number of para-hydroxylation sites is 1. The molecule has 2 N–H and O–H groups in total. The molecule has 1 atom stereocenters. The Morgan fingerprint density at radius 2 is 2.00 bits per heavy atom. The van der Waals surface area contributed by atoms with Gasteiger partial charge in [-0.3, -0.25) is 0 Å². The van der Waals surface area contributed by atoms with Crippen LogP contribution in [0.4, 0.5) is 5.69 Å². The predicted molar refractivity (Wildman–Crippen MR) is 109 cm³/mol. The number of hydrogen-bond donors (Lipinski definition) is 2. The van der Waals surface area contributed by atoms with Crippen LogP contribution in [0.25, 0.3) is 0 Å². The number of anilines is 1. The largest absolute Gasteiger partial charge is 0.378 e. The third-order valence-electron chi connectivity index (χ3n) is 6.68. The molecule has 4 heteroatoms. The van der Waals surface area contributed by atoms with E-state index in [4.69, 9.17) is 10.4 Å². The van der Waals surface area contributed by atoms with Gasteiger partial charge < -0.3 is 15.6 Å². The summed E-state index contributed by atoms with van der Waals surface area (Å²) in [6.07, 6.45) is 7.23. The van der Waals surface area contributed by atoms with Crippen molar-refractivity contribution < 1.29 is 0 Å². The maximum absolute atomic E-state index is 7.62. The van der Waals surface area contributed by atoms with Gasteiger partial charge in [-0.25, -0.2) is 4.99 Å². The third kappa shape index (κ3) is 2.76. The molecule has 2 bridgehead atoms. The van der Waals surface area contributed by atoms with Crippen LogP contribution in [0.15, 0.2) is 41.2 Å². The number of hydrogen-bond acceptors (Lipinski definition) is 4. The molecule has 5 rings (SSSR count). The molecule has 1 aromatic rings. The number of rotatable bonds is 4. The lowest BCUT2D eigenvalue weighted by Gasteiger charge is -2.47. The summed E-state index contributed by atoms with van der Waals surface area (Å²) in [5.41, 5.74) is 3.94. The Morgan fingerprint density at radius 1 is 1.27 bits per heavy atom. The number of nitrogens with one attached hydrogen (secondary N) is 2. The minimum atomic E-state index is 0.229. The van der Waals surface area contributed by atoms with Crippen LogP contribution in [0.2, 0.25) is 0 Å². The van der Waals surface area contributed by atoms with Crippen molar-refractivity contribution in [1.82, 2.24) is 4.90 Å². The van der Waals surface area contributed by atoms with E-state index < -0.39 is 0 Å². The Bertz CT molecular complexity index is 778. The first-order valence-corrected chi connectivity index (χ1v) is 9.70. The first-order valence-electron chi connectivity index (χ1n) is 9.70. The molecule has 1 unspecified atom stereocenters. The Hall–Kier alpha value is -2.10. The highest BCUT2D eigenvalue weighted by Gasteiger charge is 2.60. The molecule has 0 spiro atoms. The summed E-state index contributed by atoms with van der Waals surface area (Å²) in [6, 6.07) is 8.91. The minimum Gasteiger partial charge on any atom is -0.378 e. The minimum absolute atomic E-state index is 0.229. The van der Waals surface area contributed by atoms with Gasteiger partial charge in [-0.1, -0.05) is 39.0 Å². The zero-order chi connectivity index (χ0) is 18.5. The molecule has 1 aromatic carbocycles. The molecular weight excluding hydrogens is 320 g/mol. The zero-order valence-electron chi connectivity index (χ0n) is 16.3. The molecule has 3 aliphatic heterocycles. The van der Waals surface area contributed by atoms with Crippen LogP contribution in [-0.4, -0.2) is 35.5 Å². The Kier molecular flexibility index (Phi) is 3.98. The van der Waals surface area contributed by atoms with Gasteiger partial charge in [-0.2, -0.15) is 0 Å². The summed E-state index contributed by atoms with van der Waals surface area (Å²) in [7, 11) is 0. The van der Waals surface area contributed by atoms with E-state index in [9.17, 15) is 0 Å². The molecule has 26 heavy (non-hydrogen) atoms. The summed E-state index contributed by atoms with van der Waals surface area (Å²) in [5.74, 6) is 1.15. The molecule has 4 aliphatic rings.